The highest BCUT2D eigenvalue weighted by molar-refractivity contribution is 5.92. The molecule has 156 valence electrons. The topological polar surface area (TPSA) is 89.1 Å². The van der Waals surface area contributed by atoms with E-state index in [2.05, 4.69) is 51.5 Å². The van der Waals surface area contributed by atoms with E-state index in [0.29, 0.717) is 19.5 Å². The van der Waals surface area contributed by atoms with E-state index < -0.39 is 17.1 Å². The summed E-state index contributed by atoms with van der Waals surface area (Å²) in [5.74, 6) is -1.00. The standard InChI is InChI=1S/C23H26N4O3/c28-20-16-27-13-6-2-5-12-26-14-10-18-9-8-17(15-19(18)26)7-3-1-4-11-24-23(30)21(25-27)22(20)29/h1,3,8-10,14-16,28H,2,4-7,11-13H2,(H,24,30). The number of carbonyl (C=O) groups excluding carboxylic acids is 1. The number of aromatic nitrogens is 3. The zero-order chi connectivity index (χ0) is 20.9. The van der Waals surface area contributed by atoms with Crippen molar-refractivity contribution < 1.29 is 9.90 Å². The van der Waals surface area contributed by atoms with E-state index in [1.54, 1.807) is 0 Å². The van der Waals surface area contributed by atoms with Crippen molar-refractivity contribution >= 4 is 16.8 Å². The lowest BCUT2D eigenvalue weighted by molar-refractivity contribution is 0.0945. The maximum absolute atomic E-state index is 12.3. The molecule has 0 saturated carbocycles. The average Bonchev–Trinajstić information content (AvgIpc) is 3.14. The first-order valence-corrected chi connectivity index (χ1v) is 10.4. The van der Waals surface area contributed by atoms with Crippen LogP contribution in [0.1, 0.15) is 41.7 Å². The molecule has 0 fully saturated rings. The highest BCUT2D eigenvalue weighted by Crippen LogP contribution is 2.19. The van der Waals surface area contributed by atoms with Crippen molar-refractivity contribution in [2.75, 3.05) is 6.54 Å². The molecule has 1 aliphatic rings. The normalized spacial score (nSPS) is 16.1. The highest BCUT2D eigenvalue weighted by atomic mass is 16.3. The van der Waals surface area contributed by atoms with E-state index in [0.717, 1.165) is 32.2 Å². The molecule has 0 aliphatic carbocycles. The van der Waals surface area contributed by atoms with Gasteiger partial charge in [0, 0.05) is 31.3 Å². The lowest BCUT2D eigenvalue weighted by Gasteiger charge is -2.09. The third kappa shape index (κ3) is 4.45. The summed E-state index contributed by atoms with van der Waals surface area (Å²) in [6.45, 7) is 1.86. The minimum atomic E-state index is -0.735. The number of hydrogen-bond donors (Lipinski definition) is 2. The number of fused-ring (bicyclic) bond motifs is 3. The number of hydrogen-bond acceptors (Lipinski definition) is 4. The van der Waals surface area contributed by atoms with Gasteiger partial charge in [0.15, 0.2) is 11.4 Å². The van der Waals surface area contributed by atoms with Crippen molar-refractivity contribution in [2.24, 2.45) is 0 Å². The second kappa shape index (κ2) is 8.98. The lowest BCUT2D eigenvalue weighted by Crippen LogP contribution is -2.32. The Morgan fingerprint density at radius 3 is 2.80 bits per heavy atom. The quantitative estimate of drug-likeness (QED) is 0.562. The number of benzene rings is 1. The third-order valence-corrected chi connectivity index (χ3v) is 5.40. The second-order valence-corrected chi connectivity index (χ2v) is 7.64. The summed E-state index contributed by atoms with van der Waals surface area (Å²) >= 11 is 0. The van der Waals surface area contributed by atoms with Gasteiger partial charge in [-0.1, -0.05) is 24.3 Å². The van der Waals surface area contributed by atoms with Crippen LogP contribution in [0.5, 0.6) is 5.75 Å². The van der Waals surface area contributed by atoms with E-state index in [9.17, 15) is 14.7 Å². The molecule has 3 heterocycles. The zero-order valence-electron chi connectivity index (χ0n) is 16.9. The lowest BCUT2D eigenvalue weighted by atomic mass is 10.1. The minimum absolute atomic E-state index is 0.261. The minimum Gasteiger partial charge on any atom is -0.503 e. The van der Waals surface area contributed by atoms with Crippen molar-refractivity contribution in [3.8, 4) is 5.75 Å². The molecular formula is C23H26N4O3. The molecule has 0 unspecified atom stereocenters. The summed E-state index contributed by atoms with van der Waals surface area (Å²) in [6.07, 6.45) is 11.8. The molecule has 7 heteroatoms. The Kier molecular flexibility index (Phi) is 5.97. The van der Waals surface area contributed by atoms with Gasteiger partial charge in [-0.15, -0.1) is 0 Å². The predicted octanol–water partition coefficient (Wildman–Crippen LogP) is 3.01. The molecule has 2 aromatic heterocycles. The Bertz CT molecular complexity index is 1140. The van der Waals surface area contributed by atoms with Crippen LogP contribution in [0.15, 0.2) is 53.6 Å². The van der Waals surface area contributed by atoms with Gasteiger partial charge in [0.05, 0.1) is 6.20 Å². The van der Waals surface area contributed by atoms with Crippen molar-refractivity contribution in [3.63, 3.8) is 0 Å². The Morgan fingerprint density at radius 1 is 1.03 bits per heavy atom. The smallest absolute Gasteiger partial charge is 0.275 e. The molecule has 0 saturated heterocycles. The number of nitrogens with zero attached hydrogens (tertiary/aromatic N) is 3. The summed E-state index contributed by atoms with van der Waals surface area (Å²) in [7, 11) is 0. The molecule has 0 atom stereocenters. The third-order valence-electron chi connectivity index (χ3n) is 5.40. The molecule has 1 amide bonds. The SMILES string of the molecule is O=C1NCCC=CCc2ccc3ccn(c3c2)CCCCCn2cc(O)c(=O)c1n2. The van der Waals surface area contributed by atoms with Crippen LogP contribution in [0.4, 0.5) is 0 Å². The maximum atomic E-state index is 12.3. The average molecular weight is 406 g/mol. The first-order chi connectivity index (χ1) is 14.6. The van der Waals surface area contributed by atoms with Crippen molar-refractivity contribution in [2.45, 2.75) is 45.2 Å². The molecule has 1 aromatic carbocycles. The van der Waals surface area contributed by atoms with E-state index in [4.69, 9.17) is 0 Å². The van der Waals surface area contributed by atoms with Gasteiger partial charge in [0.2, 0.25) is 0 Å². The van der Waals surface area contributed by atoms with E-state index in [-0.39, 0.29) is 5.69 Å². The van der Waals surface area contributed by atoms with Crippen LogP contribution in [0.2, 0.25) is 0 Å². The summed E-state index contributed by atoms with van der Waals surface area (Å²) in [5.41, 5.74) is 1.51. The van der Waals surface area contributed by atoms with Gasteiger partial charge in [0.1, 0.15) is 0 Å². The summed E-state index contributed by atoms with van der Waals surface area (Å²) in [4.78, 5) is 24.5. The van der Waals surface area contributed by atoms with Gasteiger partial charge < -0.3 is 15.0 Å². The molecule has 0 radical (unpaired) electrons. The van der Waals surface area contributed by atoms with Crippen LogP contribution < -0.4 is 10.7 Å². The van der Waals surface area contributed by atoms with Crippen molar-refractivity contribution in [3.05, 3.63) is 70.3 Å². The number of aryl methyl sites for hydroxylation is 2. The van der Waals surface area contributed by atoms with Crippen LogP contribution in [-0.2, 0) is 19.5 Å². The molecular weight excluding hydrogens is 380 g/mol. The Hall–Kier alpha value is -3.35. The number of rotatable bonds is 0. The van der Waals surface area contributed by atoms with Crippen LogP contribution in [0.3, 0.4) is 0 Å². The number of carbonyl (C=O) groups is 1. The monoisotopic (exact) mass is 406 g/mol. The fourth-order valence-electron chi connectivity index (χ4n) is 3.76. The summed E-state index contributed by atoms with van der Waals surface area (Å²) < 4.78 is 3.78. The van der Waals surface area contributed by atoms with Crippen LogP contribution in [0.25, 0.3) is 10.9 Å². The Morgan fingerprint density at radius 2 is 1.90 bits per heavy atom. The van der Waals surface area contributed by atoms with Crippen LogP contribution in [0, 0.1) is 0 Å². The summed E-state index contributed by atoms with van der Waals surface area (Å²) in [5, 5.41) is 18.0. The van der Waals surface area contributed by atoms with Gasteiger partial charge in [-0.3, -0.25) is 14.3 Å². The molecule has 4 rings (SSSR count). The molecule has 3 aromatic rings. The number of nitrogens with one attached hydrogen (secondary N) is 1. The molecule has 0 spiro atoms. The summed E-state index contributed by atoms with van der Waals surface area (Å²) in [6, 6.07) is 8.72. The fraction of sp³-hybridized carbons (Fsp3) is 0.348. The molecule has 2 N–H and O–H groups in total. The number of amides is 1. The first kappa shape index (κ1) is 19.9. The van der Waals surface area contributed by atoms with E-state index >= 15 is 0 Å². The molecule has 1 aliphatic heterocycles. The van der Waals surface area contributed by atoms with E-state index in [1.807, 2.05) is 6.08 Å². The van der Waals surface area contributed by atoms with Crippen molar-refractivity contribution in [1.29, 1.82) is 0 Å². The van der Waals surface area contributed by atoms with E-state index in [1.165, 1.54) is 27.3 Å². The van der Waals surface area contributed by atoms with Crippen molar-refractivity contribution in [1.82, 2.24) is 19.7 Å². The first-order valence-electron chi connectivity index (χ1n) is 10.4. The largest absolute Gasteiger partial charge is 0.503 e. The molecule has 30 heavy (non-hydrogen) atoms. The van der Waals surface area contributed by atoms with Gasteiger partial charge in [0.25, 0.3) is 11.3 Å². The van der Waals surface area contributed by atoms with Gasteiger partial charge >= 0.3 is 0 Å². The van der Waals surface area contributed by atoms with Gasteiger partial charge in [-0.05, 0) is 55.2 Å². The predicted molar refractivity (Wildman–Crippen MR) is 116 cm³/mol. The fourth-order valence-corrected chi connectivity index (χ4v) is 3.76. The Labute approximate surface area is 174 Å². The van der Waals surface area contributed by atoms with Gasteiger partial charge in [-0.2, -0.15) is 5.10 Å². The maximum Gasteiger partial charge on any atom is 0.275 e. The number of aromatic hydroxyl groups is 1. The Balaban J connectivity index is 1.56. The highest BCUT2D eigenvalue weighted by Gasteiger charge is 2.16. The zero-order valence-corrected chi connectivity index (χ0v) is 16.9. The van der Waals surface area contributed by atoms with Crippen LogP contribution >= 0.6 is 0 Å². The second-order valence-electron chi connectivity index (χ2n) is 7.64. The van der Waals surface area contributed by atoms with Gasteiger partial charge in [-0.25, -0.2) is 0 Å². The molecule has 4 bridgehead atoms. The number of allylic oxidation sites excluding steroid dienone is 1. The van der Waals surface area contributed by atoms with Crippen LogP contribution in [-0.4, -0.2) is 31.9 Å². The molecule has 7 nitrogen and oxygen atoms in total.